The number of anilines is 3. The Morgan fingerprint density at radius 1 is 0.340 bits per heavy atom. The van der Waals surface area contributed by atoms with E-state index >= 15 is 0 Å². The average Bonchev–Trinajstić information content (AvgIpc) is 3.57. The largest absolute Gasteiger partial charge is 0.456 e. The molecule has 9 aromatic carbocycles. The minimum atomic E-state index is 0.871. The van der Waals surface area contributed by atoms with Crippen molar-refractivity contribution in [2.75, 3.05) is 4.90 Å². The lowest BCUT2D eigenvalue weighted by atomic mass is 9.93. The second-order valence-electron chi connectivity index (χ2n) is 12.9. The van der Waals surface area contributed by atoms with Gasteiger partial charge >= 0.3 is 0 Å². The third-order valence-corrected chi connectivity index (χ3v) is 9.99. The molecule has 0 saturated heterocycles. The van der Waals surface area contributed by atoms with Crippen molar-refractivity contribution in [1.29, 1.82) is 0 Å². The first-order valence-electron chi connectivity index (χ1n) is 17.1. The van der Waals surface area contributed by atoms with Crippen LogP contribution in [0.15, 0.2) is 192 Å². The van der Waals surface area contributed by atoms with Crippen LogP contribution in [0.25, 0.3) is 76.5 Å². The highest BCUT2D eigenvalue weighted by Gasteiger charge is 2.20. The predicted molar refractivity (Wildman–Crippen MR) is 212 cm³/mol. The van der Waals surface area contributed by atoms with Crippen LogP contribution in [-0.4, -0.2) is 0 Å². The van der Waals surface area contributed by atoms with Crippen molar-refractivity contribution < 1.29 is 4.42 Å². The fourth-order valence-corrected chi connectivity index (χ4v) is 7.67. The zero-order chi connectivity index (χ0) is 33.0. The molecular weight excluding hydrogens is 607 g/mol. The summed E-state index contributed by atoms with van der Waals surface area (Å²) >= 11 is 0. The van der Waals surface area contributed by atoms with Gasteiger partial charge in [0, 0.05) is 16.8 Å². The van der Waals surface area contributed by atoms with Gasteiger partial charge in [0.15, 0.2) is 0 Å². The van der Waals surface area contributed by atoms with E-state index in [-0.39, 0.29) is 0 Å². The maximum Gasteiger partial charge on any atom is 0.137 e. The molecule has 2 heteroatoms. The van der Waals surface area contributed by atoms with E-state index in [0.29, 0.717) is 0 Å². The molecule has 1 aromatic heterocycles. The monoisotopic (exact) mass is 637 g/mol. The number of nitrogens with zero attached hydrogens (tertiary/aromatic N) is 1. The molecule has 10 aromatic rings. The first kappa shape index (κ1) is 28.4. The van der Waals surface area contributed by atoms with Crippen molar-refractivity contribution >= 4 is 71.3 Å². The summed E-state index contributed by atoms with van der Waals surface area (Å²) in [7, 11) is 0. The highest BCUT2D eigenvalue weighted by atomic mass is 16.3. The van der Waals surface area contributed by atoms with Crippen molar-refractivity contribution in [2.24, 2.45) is 0 Å². The summed E-state index contributed by atoms with van der Waals surface area (Å²) in [6.07, 6.45) is 0. The van der Waals surface area contributed by atoms with E-state index in [4.69, 9.17) is 4.42 Å². The molecule has 0 radical (unpaired) electrons. The summed E-state index contributed by atoms with van der Waals surface area (Å²) in [6.45, 7) is 0. The summed E-state index contributed by atoms with van der Waals surface area (Å²) in [5, 5.41) is 9.69. The molecule has 0 bridgehead atoms. The number of benzene rings is 9. The summed E-state index contributed by atoms with van der Waals surface area (Å²) in [6, 6.07) is 67.6. The number of rotatable bonds is 5. The van der Waals surface area contributed by atoms with Crippen LogP contribution in [0.3, 0.4) is 0 Å². The second-order valence-corrected chi connectivity index (χ2v) is 12.9. The predicted octanol–water partition coefficient (Wildman–Crippen LogP) is 13.8. The van der Waals surface area contributed by atoms with Gasteiger partial charge in [-0.3, -0.25) is 0 Å². The van der Waals surface area contributed by atoms with E-state index in [9.17, 15) is 0 Å². The molecule has 0 N–H and O–H groups in total. The molecular formula is C48H31NO. The van der Waals surface area contributed by atoms with Crippen molar-refractivity contribution in [3.8, 4) is 22.3 Å². The lowest BCUT2D eigenvalue weighted by molar-refractivity contribution is 0.669. The van der Waals surface area contributed by atoms with Crippen LogP contribution in [0.4, 0.5) is 17.1 Å². The third kappa shape index (κ3) is 4.65. The first-order chi connectivity index (χ1) is 24.8. The van der Waals surface area contributed by atoms with E-state index < -0.39 is 0 Å². The van der Waals surface area contributed by atoms with Crippen LogP contribution in [-0.2, 0) is 0 Å². The van der Waals surface area contributed by atoms with Gasteiger partial charge in [-0.05, 0) is 109 Å². The Hall–Kier alpha value is -6.64. The molecule has 0 aliphatic heterocycles. The zero-order valence-corrected chi connectivity index (χ0v) is 27.3. The van der Waals surface area contributed by atoms with Gasteiger partial charge in [0.2, 0.25) is 0 Å². The topological polar surface area (TPSA) is 16.4 Å². The molecule has 0 atom stereocenters. The van der Waals surface area contributed by atoms with Crippen LogP contribution < -0.4 is 4.90 Å². The average molecular weight is 638 g/mol. The number of hydrogen-bond donors (Lipinski definition) is 0. The molecule has 0 fully saturated rings. The Morgan fingerprint density at radius 2 is 0.940 bits per heavy atom. The van der Waals surface area contributed by atoms with Gasteiger partial charge < -0.3 is 9.32 Å². The summed E-state index contributed by atoms with van der Waals surface area (Å²) in [5.41, 5.74) is 9.73. The number of hydrogen-bond acceptors (Lipinski definition) is 2. The molecule has 234 valence electrons. The molecule has 0 unspecified atom stereocenters. The van der Waals surface area contributed by atoms with Gasteiger partial charge in [-0.15, -0.1) is 0 Å². The van der Waals surface area contributed by atoms with Gasteiger partial charge in [-0.25, -0.2) is 0 Å². The highest BCUT2D eigenvalue weighted by Crippen LogP contribution is 2.45. The molecule has 2 nitrogen and oxygen atoms in total. The minimum absolute atomic E-state index is 0.871. The minimum Gasteiger partial charge on any atom is -0.456 e. The Morgan fingerprint density at radius 3 is 1.78 bits per heavy atom. The fourth-order valence-electron chi connectivity index (χ4n) is 7.67. The van der Waals surface area contributed by atoms with Gasteiger partial charge in [0.05, 0.1) is 11.1 Å². The van der Waals surface area contributed by atoms with Crippen LogP contribution in [0.5, 0.6) is 0 Å². The van der Waals surface area contributed by atoms with Crippen LogP contribution in [0.2, 0.25) is 0 Å². The lowest BCUT2D eigenvalue weighted by Gasteiger charge is -2.27. The zero-order valence-electron chi connectivity index (χ0n) is 27.3. The van der Waals surface area contributed by atoms with Crippen molar-refractivity contribution in [3.63, 3.8) is 0 Å². The van der Waals surface area contributed by atoms with E-state index in [1.807, 2.05) is 6.07 Å². The number of para-hydroxylation sites is 1. The summed E-state index contributed by atoms with van der Waals surface area (Å²) in [5.74, 6) is 0. The van der Waals surface area contributed by atoms with Crippen molar-refractivity contribution in [1.82, 2.24) is 0 Å². The number of furan rings is 1. The van der Waals surface area contributed by atoms with Gasteiger partial charge in [-0.1, -0.05) is 133 Å². The summed E-state index contributed by atoms with van der Waals surface area (Å²) < 4.78 is 6.40. The SMILES string of the molecule is c1cc(-c2ccc3ccccc3c2)cc(N(c2cccc(-c3cc4ccccc4c4ccccc34)c2)c2cccc3oc4ccccc4c23)c1. The summed E-state index contributed by atoms with van der Waals surface area (Å²) in [4.78, 5) is 2.39. The molecule has 0 spiro atoms. The maximum absolute atomic E-state index is 6.40. The third-order valence-electron chi connectivity index (χ3n) is 9.99. The lowest BCUT2D eigenvalue weighted by Crippen LogP contribution is -2.10. The molecule has 0 saturated carbocycles. The normalized spacial score (nSPS) is 11.6. The van der Waals surface area contributed by atoms with E-state index in [1.54, 1.807) is 0 Å². The van der Waals surface area contributed by atoms with E-state index in [1.165, 1.54) is 54.6 Å². The Labute approximate surface area is 290 Å². The first-order valence-corrected chi connectivity index (χ1v) is 17.1. The molecule has 1 heterocycles. The molecule has 50 heavy (non-hydrogen) atoms. The van der Waals surface area contributed by atoms with Crippen LogP contribution in [0.1, 0.15) is 0 Å². The Balaban J connectivity index is 1.21. The standard InChI is InChI=1S/C48H31NO/c1-2-13-33-28-35(27-26-32(33)12-1)34-15-9-17-38(29-34)49(45-23-11-25-47-48(45)43-22-7-8-24-46(43)50-47)39-18-10-16-36(30-39)44-31-37-14-3-4-19-40(37)41-20-5-6-21-42(41)44/h1-31H. The molecule has 10 rings (SSSR count). The Bertz CT molecular complexity index is 2900. The molecule has 0 amide bonds. The molecule has 0 aliphatic carbocycles. The van der Waals surface area contributed by atoms with Gasteiger partial charge in [0.25, 0.3) is 0 Å². The van der Waals surface area contributed by atoms with Gasteiger partial charge in [-0.2, -0.15) is 0 Å². The molecule has 0 aliphatic rings. The Kier molecular flexibility index (Phi) is 6.53. The van der Waals surface area contributed by atoms with E-state index in [2.05, 4.69) is 187 Å². The maximum atomic E-state index is 6.40. The van der Waals surface area contributed by atoms with Crippen molar-refractivity contribution in [3.05, 3.63) is 188 Å². The fraction of sp³-hybridized carbons (Fsp3) is 0. The highest BCUT2D eigenvalue weighted by molar-refractivity contribution is 6.15. The van der Waals surface area contributed by atoms with Crippen LogP contribution >= 0.6 is 0 Å². The van der Waals surface area contributed by atoms with Crippen LogP contribution in [0, 0.1) is 0 Å². The second kappa shape index (κ2) is 11.5. The van der Waals surface area contributed by atoms with Gasteiger partial charge in [0.1, 0.15) is 11.2 Å². The number of fused-ring (bicyclic) bond motifs is 7. The smallest absolute Gasteiger partial charge is 0.137 e. The van der Waals surface area contributed by atoms with Crippen molar-refractivity contribution in [2.45, 2.75) is 0 Å². The quantitative estimate of drug-likeness (QED) is 0.175. The van der Waals surface area contributed by atoms with E-state index in [0.717, 1.165) is 39.0 Å².